The quantitative estimate of drug-likeness (QED) is 0.630. The molecule has 0 radical (unpaired) electrons. The minimum Gasteiger partial charge on any atom is -0.360 e. The molecule has 2 amide bonds. The van der Waals surface area contributed by atoms with Gasteiger partial charge in [-0.1, -0.05) is 12.1 Å². The van der Waals surface area contributed by atoms with E-state index in [2.05, 4.69) is 28.2 Å². The molecule has 1 atom stereocenters. The Labute approximate surface area is 136 Å². The normalized spacial score (nSPS) is 18.2. The number of carbonyl (C=O) groups is 1. The van der Waals surface area contributed by atoms with E-state index in [1.54, 1.807) is 0 Å². The van der Waals surface area contributed by atoms with Crippen LogP contribution < -0.4 is 21.3 Å². The molecular weight excluding hydrogens is 296 g/mol. The lowest BCUT2D eigenvalue weighted by molar-refractivity contribution is 0.251. The number of hydrogen-bond donors (Lipinski definition) is 4. The summed E-state index contributed by atoms with van der Waals surface area (Å²) in [6.07, 6.45) is 4.59. The van der Waals surface area contributed by atoms with E-state index in [4.69, 9.17) is 12.2 Å². The zero-order chi connectivity index (χ0) is 15.5. The van der Waals surface area contributed by atoms with Gasteiger partial charge >= 0.3 is 6.03 Å². The Morgan fingerprint density at radius 3 is 2.27 bits per heavy atom. The van der Waals surface area contributed by atoms with Gasteiger partial charge in [0.05, 0.1) is 6.04 Å². The molecule has 0 aromatic heterocycles. The maximum absolute atomic E-state index is 11.7. The second-order valence-electron chi connectivity index (χ2n) is 6.11. The lowest BCUT2D eigenvalue weighted by atomic mass is 10.1. The largest absolute Gasteiger partial charge is 0.360 e. The predicted octanol–water partition coefficient (Wildman–Crippen LogP) is 2.66. The fraction of sp³-hybridized carbons (Fsp3) is 0.500. The minimum absolute atomic E-state index is 0.128. The van der Waals surface area contributed by atoms with E-state index >= 15 is 0 Å². The number of anilines is 1. The Morgan fingerprint density at radius 2 is 1.68 bits per heavy atom. The molecule has 0 spiro atoms. The summed E-state index contributed by atoms with van der Waals surface area (Å²) in [5, 5.41) is 13.0. The van der Waals surface area contributed by atoms with Gasteiger partial charge < -0.3 is 21.3 Å². The molecular formula is C16H22N4OS. The summed E-state index contributed by atoms with van der Waals surface area (Å²) in [4.78, 5) is 11.7. The molecule has 2 saturated carbocycles. The summed E-state index contributed by atoms with van der Waals surface area (Å²) < 4.78 is 0. The Morgan fingerprint density at radius 1 is 1.09 bits per heavy atom. The van der Waals surface area contributed by atoms with Crippen LogP contribution in [-0.4, -0.2) is 23.2 Å². The van der Waals surface area contributed by atoms with E-state index in [0.29, 0.717) is 17.2 Å². The van der Waals surface area contributed by atoms with Crippen molar-refractivity contribution in [3.63, 3.8) is 0 Å². The molecule has 0 bridgehead atoms. The van der Waals surface area contributed by atoms with Gasteiger partial charge in [0, 0.05) is 17.8 Å². The predicted molar refractivity (Wildman–Crippen MR) is 91.9 cm³/mol. The summed E-state index contributed by atoms with van der Waals surface area (Å²) in [5.41, 5.74) is 1.93. The van der Waals surface area contributed by atoms with E-state index in [-0.39, 0.29) is 12.1 Å². The van der Waals surface area contributed by atoms with Crippen LogP contribution in [0.5, 0.6) is 0 Å². The Hall–Kier alpha value is -1.82. The third-order valence-electron chi connectivity index (χ3n) is 3.84. The molecule has 22 heavy (non-hydrogen) atoms. The number of urea groups is 1. The van der Waals surface area contributed by atoms with E-state index in [9.17, 15) is 4.79 Å². The first kappa shape index (κ1) is 15.1. The lowest BCUT2D eigenvalue weighted by Gasteiger charge is -2.17. The van der Waals surface area contributed by atoms with Crippen LogP contribution >= 0.6 is 12.2 Å². The van der Waals surface area contributed by atoms with Gasteiger partial charge in [-0.15, -0.1) is 0 Å². The molecule has 118 valence electrons. The molecule has 2 aliphatic rings. The first-order chi connectivity index (χ1) is 10.6. The van der Waals surface area contributed by atoms with Gasteiger partial charge in [0.15, 0.2) is 5.11 Å². The van der Waals surface area contributed by atoms with Gasteiger partial charge in [-0.2, -0.15) is 0 Å². The van der Waals surface area contributed by atoms with Gasteiger partial charge in [0.25, 0.3) is 0 Å². The van der Waals surface area contributed by atoms with Crippen molar-refractivity contribution in [1.29, 1.82) is 0 Å². The van der Waals surface area contributed by atoms with Crippen LogP contribution in [0.25, 0.3) is 0 Å². The average Bonchev–Trinajstić information content (AvgIpc) is 3.36. The van der Waals surface area contributed by atoms with E-state index < -0.39 is 0 Å². The van der Waals surface area contributed by atoms with Gasteiger partial charge in [-0.25, -0.2) is 4.79 Å². The number of rotatable bonds is 5. The summed E-state index contributed by atoms with van der Waals surface area (Å²) in [6.45, 7) is 2.07. The molecule has 1 aromatic carbocycles. The van der Waals surface area contributed by atoms with Gasteiger partial charge in [0.1, 0.15) is 0 Å². The first-order valence-corrected chi connectivity index (χ1v) is 8.25. The van der Waals surface area contributed by atoms with Gasteiger partial charge in [0.2, 0.25) is 0 Å². The van der Waals surface area contributed by atoms with Crippen molar-refractivity contribution < 1.29 is 4.79 Å². The number of benzene rings is 1. The second kappa shape index (κ2) is 6.52. The Kier molecular flexibility index (Phi) is 4.47. The van der Waals surface area contributed by atoms with Crippen LogP contribution in [0.15, 0.2) is 24.3 Å². The molecule has 0 heterocycles. The molecule has 5 nitrogen and oxygen atoms in total. The number of thiocarbonyl (C=S) groups is 1. The number of nitrogens with one attached hydrogen (secondary N) is 4. The standard InChI is InChI=1S/C16H22N4OS/c1-10(17-16(22)20-14-8-9-14)11-2-4-12(5-3-11)18-15(21)19-13-6-7-13/h2-5,10,13-14H,6-9H2,1H3,(H2,17,20,22)(H2,18,19,21). The van der Waals surface area contributed by atoms with Crippen molar-refractivity contribution in [3.05, 3.63) is 29.8 Å². The maximum atomic E-state index is 11.7. The summed E-state index contributed by atoms with van der Waals surface area (Å²) in [7, 11) is 0. The topological polar surface area (TPSA) is 65.2 Å². The van der Waals surface area contributed by atoms with Crippen molar-refractivity contribution in [1.82, 2.24) is 16.0 Å². The van der Waals surface area contributed by atoms with E-state index in [1.165, 1.54) is 12.8 Å². The molecule has 3 rings (SSSR count). The smallest absolute Gasteiger partial charge is 0.319 e. The maximum Gasteiger partial charge on any atom is 0.319 e. The third kappa shape index (κ3) is 4.59. The highest BCUT2D eigenvalue weighted by Crippen LogP contribution is 2.20. The van der Waals surface area contributed by atoms with Crippen LogP contribution in [0.3, 0.4) is 0 Å². The molecule has 1 aromatic rings. The fourth-order valence-electron chi connectivity index (χ4n) is 2.17. The van der Waals surface area contributed by atoms with Gasteiger partial charge in [-0.05, 0) is 62.5 Å². The lowest BCUT2D eigenvalue weighted by Crippen LogP contribution is -2.37. The van der Waals surface area contributed by atoms with Crippen molar-refractivity contribution >= 4 is 29.0 Å². The number of carbonyl (C=O) groups excluding carboxylic acids is 1. The third-order valence-corrected chi connectivity index (χ3v) is 4.08. The molecule has 4 N–H and O–H groups in total. The Balaban J connectivity index is 1.48. The molecule has 6 heteroatoms. The van der Waals surface area contributed by atoms with Crippen molar-refractivity contribution in [2.45, 2.75) is 50.7 Å². The highest BCUT2D eigenvalue weighted by molar-refractivity contribution is 7.80. The van der Waals surface area contributed by atoms with Crippen molar-refractivity contribution in [2.75, 3.05) is 5.32 Å². The molecule has 2 fully saturated rings. The van der Waals surface area contributed by atoms with Crippen LogP contribution in [-0.2, 0) is 0 Å². The van der Waals surface area contributed by atoms with E-state index in [1.807, 2.05) is 24.3 Å². The van der Waals surface area contributed by atoms with Crippen LogP contribution in [0.1, 0.15) is 44.2 Å². The second-order valence-corrected chi connectivity index (χ2v) is 6.52. The van der Waals surface area contributed by atoms with Crippen molar-refractivity contribution in [3.8, 4) is 0 Å². The molecule has 0 saturated heterocycles. The van der Waals surface area contributed by atoms with Crippen LogP contribution in [0.2, 0.25) is 0 Å². The summed E-state index contributed by atoms with van der Waals surface area (Å²) in [5.74, 6) is 0. The first-order valence-electron chi connectivity index (χ1n) is 7.84. The van der Waals surface area contributed by atoms with Crippen LogP contribution in [0.4, 0.5) is 10.5 Å². The highest BCUT2D eigenvalue weighted by atomic mass is 32.1. The summed E-state index contributed by atoms with van der Waals surface area (Å²) >= 11 is 5.29. The highest BCUT2D eigenvalue weighted by Gasteiger charge is 2.23. The summed E-state index contributed by atoms with van der Waals surface area (Å²) in [6, 6.07) is 8.76. The fourth-order valence-corrected chi connectivity index (χ4v) is 2.51. The average molecular weight is 318 g/mol. The zero-order valence-corrected chi connectivity index (χ0v) is 13.5. The molecule has 1 unspecified atom stereocenters. The SMILES string of the molecule is CC(NC(=S)NC1CC1)c1ccc(NC(=O)NC2CC2)cc1. The van der Waals surface area contributed by atoms with Gasteiger partial charge in [-0.3, -0.25) is 0 Å². The number of hydrogen-bond acceptors (Lipinski definition) is 2. The van der Waals surface area contributed by atoms with Crippen molar-refractivity contribution in [2.24, 2.45) is 0 Å². The van der Waals surface area contributed by atoms with E-state index in [0.717, 1.165) is 24.1 Å². The monoisotopic (exact) mass is 318 g/mol. The number of amides is 2. The van der Waals surface area contributed by atoms with Crippen LogP contribution in [0, 0.1) is 0 Å². The minimum atomic E-state index is -0.128. The molecule has 2 aliphatic carbocycles. The Bertz CT molecular complexity index is 552. The zero-order valence-electron chi connectivity index (χ0n) is 12.7. The molecule has 0 aliphatic heterocycles.